The lowest BCUT2D eigenvalue weighted by Crippen LogP contribution is -2.15. The molecule has 2 aliphatic rings. The Labute approximate surface area is 406 Å². The van der Waals surface area contributed by atoms with E-state index in [1.54, 1.807) is 0 Å². The van der Waals surface area contributed by atoms with Gasteiger partial charge in [0.05, 0.1) is 16.7 Å². The van der Waals surface area contributed by atoms with Crippen LogP contribution in [0.4, 0.5) is 0 Å². The molecule has 0 bridgehead atoms. The zero-order valence-corrected chi connectivity index (χ0v) is 38.7. The van der Waals surface area contributed by atoms with Crippen LogP contribution in [0.5, 0.6) is 0 Å². The van der Waals surface area contributed by atoms with Crippen molar-refractivity contribution in [2.45, 2.75) is 19.3 Å². The smallest absolute Gasteiger partial charge is 0.164 e. The molecule has 10 aromatic carbocycles. The summed E-state index contributed by atoms with van der Waals surface area (Å²) in [6.07, 6.45) is 0. The topological polar surface area (TPSA) is 43.6 Å². The summed E-state index contributed by atoms with van der Waals surface area (Å²) in [5, 5.41) is 2.55. The lowest BCUT2D eigenvalue weighted by Gasteiger charge is -2.22. The Morgan fingerprint density at radius 1 is 0.314 bits per heavy atom. The summed E-state index contributed by atoms with van der Waals surface area (Å²) in [7, 11) is 0. The molecule has 4 nitrogen and oxygen atoms in total. The molecule has 0 N–H and O–H groups in total. The van der Waals surface area contributed by atoms with Crippen molar-refractivity contribution < 1.29 is 0 Å². The first-order valence-corrected chi connectivity index (χ1v) is 24.1. The van der Waals surface area contributed by atoms with Crippen molar-refractivity contribution in [3.8, 4) is 107 Å². The maximum absolute atomic E-state index is 5.26. The maximum atomic E-state index is 5.26. The summed E-state index contributed by atoms with van der Waals surface area (Å²) >= 11 is 0. The molecule has 0 radical (unpaired) electrons. The number of aromatic nitrogens is 4. The Balaban J connectivity index is 0.851. The molecule has 0 unspecified atom stereocenters. The quantitative estimate of drug-likeness (QED) is 0.160. The van der Waals surface area contributed by atoms with Gasteiger partial charge in [-0.05, 0) is 103 Å². The second-order valence-corrected chi connectivity index (χ2v) is 19.1. The Kier molecular flexibility index (Phi) is 8.90. The third-order valence-electron chi connectivity index (χ3n) is 14.8. The highest BCUT2D eigenvalue weighted by molar-refractivity contribution is 6.19. The van der Waals surface area contributed by atoms with Gasteiger partial charge in [0, 0.05) is 44.0 Å². The predicted molar refractivity (Wildman–Crippen MR) is 289 cm³/mol. The fourth-order valence-corrected chi connectivity index (χ4v) is 11.4. The average molecular weight is 893 g/mol. The van der Waals surface area contributed by atoms with E-state index in [0.29, 0.717) is 17.5 Å². The zero-order chi connectivity index (χ0) is 46.5. The van der Waals surface area contributed by atoms with Crippen LogP contribution in [0.3, 0.4) is 0 Å². The molecule has 14 rings (SSSR count). The van der Waals surface area contributed by atoms with Crippen LogP contribution in [0, 0.1) is 0 Å². The number of para-hydroxylation sites is 1. The molecular weight excluding hydrogens is 849 g/mol. The minimum absolute atomic E-state index is 0.0866. The normalized spacial score (nSPS) is 12.8. The van der Waals surface area contributed by atoms with Gasteiger partial charge in [0.15, 0.2) is 17.5 Å². The standard InChI is InChI=1S/C66H44N4/c1-66(2)56-26-15-25-51-50-24-12-13-27-58(50)70-59-37-33-48(40-55(59)52-35-36-57(66)61(60(51)56)62(52)70)43-30-28-42(29-31-43)46-22-14-23-49(38-46)64-67-63(45-20-10-5-11-21-45)68-65(69-64)53-34-32-47(41-16-6-3-7-17-41)39-54(53)44-18-8-4-9-19-44/h3-40H,1-2H3. The number of fused-ring (bicyclic) bond motifs is 6. The lowest BCUT2D eigenvalue weighted by atomic mass is 9.81. The first kappa shape index (κ1) is 40.1. The number of hydrogen-bond acceptors (Lipinski definition) is 3. The number of benzene rings is 10. The van der Waals surface area contributed by atoms with Gasteiger partial charge < -0.3 is 4.57 Å². The van der Waals surface area contributed by atoms with Crippen molar-refractivity contribution in [1.29, 1.82) is 0 Å². The molecular formula is C66H44N4. The highest BCUT2D eigenvalue weighted by atomic mass is 15.0. The summed E-state index contributed by atoms with van der Waals surface area (Å²) < 4.78 is 2.53. The van der Waals surface area contributed by atoms with Crippen LogP contribution in [0.25, 0.3) is 128 Å². The summed E-state index contributed by atoms with van der Waals surface area (Å²) in [6, 6.07) is 82.9. The van der Waals surface area contributed by atoms with Crippen molar-refractivity contribution in [1.82, 2.24) is 19.5 Å². The van der Waals surface area contributed by atoms with E-state index in [1.165, 1.54) is 72.0 Å². The van der Waals surface area contributed by atoms with Crippen LogP contribution in [-0.4, -0.2) is 19.5 Å². The second kappa shape index (κ2) is 15.5. The molecule has 328 valence electrons. The Bertz CT molecular complexity index is 4060. The van der Waals surface area contributed by atoms with E-state index >= 15 is 0 Å². The van der Waals surface area contributed by atoms with Gasteiger partial charge in [0.1, 0.15) is 0 Å². The van der Waals surface area contributed by atoms with Gasteiger partial charge in [0.2, 0.25) is 0 Å². The van der Waals surface area contributed by atoms with Crippen molar-refractivity contribution >= 4 is 21.8 Å². The highest BCUT2D eigenvalue weighted by Crippen LogP contribution is 2.58. The van der Waals surface area contributed by atoms with E-state index in [4.69, 9.17) is 15.0 Å². The molecule has 0 fully saturated rings. The molecule has 1 aliphatic carbocycles. The van der Waals surface area contributed by atoms with Crippen LogP contribution in [0.1, 0.15) is 25.0 Å². The van der Waals surface area contributed by atoms with Crippen molar-refractivity contribution in [3.63, 3.8) is 0 Å². The van der Waals surface area contributed by atoms with Crippen LogP contribution < -0.4 is 0 Å². The molecule has 4 heteroatoms. The molecule has 0 amide bonds. The molecule has 2 aromatic heterocycles. The van der Waals surface area contributed by atoms with E-state index in [9.17, 15) is 0 Å². The molecule has 0 saturated heterocycles. The highest BCUT2D eigenvalue weighted by Gasteiger charge is 2.40. The van der Waals surface area contributed by atoms with Gasteiger partial charge in [0.25, 0.3) is 0 Å². The molecule has 12 aromatic rings. The second-order valence-electron chi connectivity index (χ2n) is 19.1. The van der Waals surface area contributed by atoms with Crippen LogP contribution in [0.15, 0.2) is 231 Å². The fourth-order valence-electron chi connectivity index (χ4n) is 11.4. The van der Waals surface area contributed by atoms with Crippen LogP contribution in [0.2, 0.25) is 0 Å². The lowest BCUT2D eigenvalue weighted by molar-refractivity contribution is 0.661. The summed E-state index contributed by atoms with van der Waals surface area (Å²) in [6.45, 7) is 4.76. The first-order valence-electron chi connectivity index (χ1n) is 24.1. The van der Waals surface area contributed by atoms with E-state index in [2.05, 4.69) is 231 Å². The van der Waals surface area contributed by atoms with Crippen molar-refractivity contribution in [3.05, 3.63) is 242 Å². The summed E-state index contributed by atoms with van der Waals surface area (Å²) in [5.74, 6) is 1.88. The first-order chi connectivity index (χ1) is 34.5. The number of hydrogen-bond donors (Lipinski definition) is 0. The van der Waals surface area contributed by atoms with Crippen molar-refractivity contribution in [2.24, 2.45) is 0 Å². The van der Waals surface area contributed by atoms with Crippen molar-refractivity contribution in [2.75, 3.05) is 0 Å². The van der Waals surface area contributed by atoms with E-state index in [0.717, 1.165) is 50.1 Å². The number of rotatable bonds is 7. The van der Waals surface area contributed by atoms with E-state index in [-0.39, 0.29) is 5.41 Å². The SMILES string of the molecule is CC1(C)c2cccc3c2-c2c1ccc1c4cc(-c5ccc(-c6cccc(-c7nc(-c8ccccc8)nc(-c8ccc(-c9ccccc9)cc8-c8ccccc8)n7)c6)cc5)ccc4n(c21)-c1ccccc1-3. The molecule has 3 heterocycles. The minimum atomic E-state index is -0.0866. The maximum Gasteiger partial charge on any atom is 0.164 e. The van der Waals surface area contributed by atoms with Gasteiger partial charge >= 0.3 is 0 Å². The van der Waals surface area contributed by atoms with Gasteiger partial charge in [-0.3, -0.25) is 0 Å². The largest absolute Gasteiger partial charge is 0.308 e. The van der Waals surface area contributed by atoms with Gasteiger partial charge in [-0.1, -0.05) is 208 Å². The summed E-state index contributed by atoms with van der Waals surface area (Å²) in [5.41, 5.74) is 23.7. The Morgan fingerprint density at radius 2 is 0.843 bits per heavy atom. The van der Waals surface area contributed by atoms with Crippen LogP contribution >= 0.6 is 0 Å². The molecule has 70 heavy (non-hydrogen) atoms. The Hall–Kier alpha value is -8.99. The minimum Gasteiger partial charge on any atom is -0.308 e. The molecule has 0 atom stereocenters. The third kappa shape index (κ3) is 6.20. The molecule has 0 spiro atoms. The monoisotopic (exact) mass is 892 g/mol. The van der Waals surface area contributed by atoms with Crippen LogP contribution in [-0.2, 0) is 5.41 Å². The molecule has 0 saturated carbocycles. The average Bonchev–Trinajstić information content (AvgIpc) is 3.83. The molecule has 1 aliphatic heterocycles. The Morgan fingerprint density at radius 3 is 1.60 bits per heavy atom. The zero-order valence-electron chi connectivity index (χ0n) is 38.7. The van der Waals surface area contributed by atoms with Gasteiger partial charge in [-0.15, -0.1) is 0 Å². The predicted octanol–water partition coefficient (Wildman–Crippen LogP) is 16.9. The van der Waals surface area contributed by atoms with E-state index < -0.39 is 0 Å². The number of nitrogens with zero attached hydrogens (tertiary/aromatic N) is 4. The van der Waals surface area contributed by atoms with Gasteiger partial charge in [-0.25, -0.2) is 15.0 Å². The fraction of sp³-hybridized carbons (Fsp3) is 0.0455. The van der Waals surface area contributed by atoms with E-state index in [1.807, 2.05) is 18.2 Å². The third-order valence-corrected chi connectivity index (χ3v) is 14.8. The summed E-state index contributed by atoms with van der Waals surface area (Å²) in [4.78, 5) is 15.6. The van der Waals surface area contributed by atoms with Gasteiger partial charge in [-0.2, -0.15) is 0 Å².